The lowest BCUT2D eigenvalue weighted by Crippen LogP contribution is -2.35. The molecular formula is C22H27ClFNO2. The molecule has 0 saturated carbocycles. The van der Waals surface area contributed by atoms with Crippen molar-refractivity contribution >= 4 is 28.8 Å². The van der Waals surface area contributed by atoms with Gasteiger partial charge in [0.1, 0.15) is 5.83 Å². The molecule has 146 valence electrons. The van der Waals surface area contributed by atoms with Gasteiger partial charge in [-0.1, -0.05) is 17.7 Å². The van der Waals surface area contributed by atoms with Crippen molar-refractivity contribution < 1.29 is 13.9 Å². The predicted molar refractivity (Wildman–Crippen MR) is 111 cm³/mol. The van der Waals surface area contributed by atoms with Crippen LogP contribution in [0, 0.1) is 0 Å². The van der Waals surface area contributed by atoms with Gasteiger partial charge in [-0.3, -0.25) is 0 Å². The maximum absolute atomic E-state index is 14.6. The Balaban J connectivity index is 2.35. The van der Waals surface area contributed by atoms with E-state index in [1.54, 1.807) is 19.9 Å². The average molecular weight is 392 g/mol. The van der Waals surface area contributed by atoms with Crippen LogP contribution in [0.3, 0.4) is 0 Å². The van der Waals surface area contributed by atoms with Gasteiger partial charge in [-0.05, 0) is 81.0 Å². The van der Waals surface area contributed by atoms with Crippen LogP contribution < -0.4 is 4.90 Å². The highest BCUT2D eigenvalue weighted by Gasteiger charge is 2.23. The van der Waals surface area contributed by atoms with Gasteiger partial charge in [0.2, 0.25) is 0 Å². The number of benzene rings is 1. The van der Waals surface area contributed by atoms with E-state index >= 15 is 0 Å². The van der Waals surface area contributed by atoms with Gasteiger partial charge in [0, 0.05) is 18.7 Å². The molecule has 1 heterocycles. The Kier molecular flexibility index (Phi) is 7.25. The molecule has 0 spiro atoms. The summed E-state index contributed by atoms with van der Waals surface area (Å²) in [5, 5.41) is 0.661. The zero-order chi connectivity index (χ0) is 20.1. The summed E-state index contributed by atoms with van der Waals surface area (Å²) >= 11 is 6.57. The zero-order valence-corrected chi connectivity index (χ0v) is 17.4. The summed E-state index contributed by atoms with van der Waals surface area (Å²) in [4.78, 5) is 13.5. The van der Waals surface area contributed by atoms with Crippen LogP contribution in [0.4, 0.5) is 10.1 Å². The molecule has 0 atom stereocenters. The predicted octanol–water partition coefficient (Wildman–Crippen LogP) is 5.88. The number of allylic oxidation sites excluding steroid dienone is 5. The third-order valence-electron chi connectivity index (χ3n) is 4.73. The number of aryl methyl sites for hydroxylation is 1. The Hall–Kier alpha value is -2.07. The fraction of sp³-hybridized carbons (Fsp3) is 0.409. The Labute approximate surface area is 166 Å². The van der Waals surface area contributed by atoms with Crippen LogP contribution in [0.1, 0.15) is 45.2 Å². The number of carbonyl (C=O) groups is 1. The average Bonchev–Trinajstić information content (AvgIpc) is 2.64. The summed E-state index contributed by atoms with van der Waals surface area (Å²) < 4.78 is 19.2. The molecule has 1 aromatic carbocycles. The third-order valence-corrected chi connectivity index (χ3v) is 5.02. The second-order valence-electron chi connectivity index (χ2n) is 7.07. The van der Waals surface area contributed by atoms with Crippen LogP contribution in [0.5, 0.6) is 0 Å². The number of nitrogens with zero attached hydrogens (tertiary/aromatic N) is 1. The highest BCUT2D eigenvalue weighted by molar-refractivity contribution is 6.33. The minimum Gasteiger partial charge on any atom is -0.466 e. The molecule has 27 heavy (non-hydrogen) atoms. The second kappa shape index (κ2) is 9.23. The van der Waals surface area contributed by atoms with Crippen LogP contribution in [0.25, 0.3) is 5.57 Å². The van der Waals surface area contributed by atoms with Gasteiger partial charge in [0.25, 0.3) is 0 Å². The summed E-state index contributed by atoms with van der Waals surface area (Å²) in [5.41, 5.74) is 4.14. The Morgan fingerprint density at radius 2 is 2.00 bits per heavy atom. The number of anilines is 1. The molecule has 5 heteroatoms. The first-order valence-corrected chi connectivity index (χ1v) is 9.52. The molecule has 1 aliphatic heterocycles. The van der Waals surface area contributed by atoms with E-state index in [-0.39, 0.29) is 5.83 Å². The summed E-state index contributed by atoms with van der Waals surface area (Å²) in [5.74, 6) is -0.824. The van der Waals surface area contributed by atoms with Crippen LogP contribution in [0.2, 0.25) is 5.02 Å². The zero-order valence-electron chi connectivity index (χ0n) is 16.6. The molecule has 0 amide bonds. The first-order valence-electron chi connectivity index (χ1n) is 9.14. The fourth-order valence-corrected chi connectivity index (χ4v) is 3.56. The number of hydrogen-bond donors (Lipinski definition) is 0. The standard InChI is InChI=1S/C22H27ClFNO2/c1-14(2)25-10-6-7-17-12-18(13-19(23)22(17)25)16(4)20(24)9-8-15(3)11-21(26)27-5/h8-9,11-14H,6-7,10H2,1-5H3/b9-8+,15-11+,20-16+. The lowest BCUT2D eigenvalue weighted by atomic mass is 9.95. The van der Waals surface area contributed by atoms with E-state index in [0.29, 0.717) is 22.2 Å². The second-order valence-corrected chi connectivity index (χ2v) is 7.48. The van der Waals surface area contributed by atoms with Gasteiger partial charge in [-0.25, -0.2) is 9.18 Å². The van der Waals surface area contributed by atoms with E-state index in [1.165, 1.54) is 19.3 Å². The number of methoxy groups -OCH3 is 1. The summed E-state index contributed by atoms with van der Waals surface area (Å²) in [6.07, 6.45) is 6.23. The van der Waals surface area contributed by atoms with E-state index in [0.717, 1.165) is 36.2 Å². The van der Waals surface area contributed by atoms with Crippen molar-refractivity contribution in [3.63, 3.8) is 0 Å². The first-order chi connectivity index (χ1) is 12.7. The maximum atomic E-state index is 14.6. The molecule has 3 nitrogen and oxygen atoms in total. The Bertz CT molecular complexity index is 809. The van der Waals surface area contributed by atoms with E-state index in [1.807, 2.05) is 12.1 Å². The Morgan fingerprint density at radius 1 is 1.30 bits per heavy atom. The summed E-state index contributed by atoms with van der Waals surface area (Å²) in [6, 6.07) is 4.24. The number of rotatable bonds is 5. The van der Waals surface area contributed by atoms with Crippen LogP contribution in [-0.4, -0.2) is 25.7 Å². The normalized spacial score (nSPS) is 15.9. The first kappa shape index (κ1) is 21.2. The molecule has 0 N–H and O–H groups in total. The molecule has 0 unspecified atom stereocenters. The van der Waals surface area contributed by atoms with Crippen molar-refractivity contribution in [2.24, 2.45) is 0 Å². The van der Waals surface area contributed by atoms with Gasteiger partial charge >= 0.3 is 5.97 Å². The topological polar surface area (TPSA) is 29.5 Å². The van der Waals surface area contributed by atoms with E-state index in [2.05, 4.69) is 23.5 Å². The third kappa shape index (κ3) is 5.23. The molecule has 1 aromatic rings. The van der Waals surface area contributed by atoms with Crippen LogP contribution in [0.15, 0.2) is 41.8 Å². The van der Waals surface area contributed by atoms with Gasteiger partial charge < -0.3 is 9.64 Å². The van der Waals surface area contributed by atoms with Gasteiger partial charge in [-0.15, -0.1) is 0 Å². The van der Waals surface area contributed by atoms with Gasteiger partial charge in [0.05, 0.1) is 17.8 Å². The van der Waals surface area contributed by atoms with Crippen molar-refractivity contribution in [2.45, 2.75) is 46.6 Å². The lowest BCUT2D eigenvalue weighted by Gasteiger charge is -2.35. The van der Waals surface area contributed by atoms with Crippen LogP contribution >= 0.6 is 11.6 Å². The maximum Gasteiger partial charge on any atom is 0.330 e. The smallest absolute Gasteiger partial charge is 0.330 e. The van der Waals surface area contributed by atoms with Crippen LogP contribution in [-0.2, 0) is 16.0 Å². The van der Waals surface area contributed by atoms with E-state index < -0.39 is 5.97 Å². The largest absolute Gasteiger partial charge is 0.466 e. The SMILES string of the molecule is COC(=O)/C=C(C)/C=C/C(F)=C(/C)c1cc(Cl)c2c(c1)CCCN2C(C)C. The minimum atomic E-state index is -0.463. The van der Waals surface area contributed by atoms with Crippen molar-refractivity contribution in [1.82, 2.24) is 0 Å². The van der Waals surface area contributed by atoms with E-state index in [4.69, 9.17) is 11.6 Å². The van der Waals surface area contributed by atoms with Crippen molar-refractivity contribution in [1.29, 1.82) is 0 Å². The van der Waals surface area contributed by atoms with E-state index in [9.17, 15) is 9.18 Å². The van der Waals surface area contributed by atoms with Gasteiger partial charge in [-0.2, -0.15) is 0 Å². The van der Waals surface area contributed by atoms with Crippen molar-refractivity contribution in [3.05, 3.63) is 57.9 Å². The molecule has 0 radical (unpaired) electrons. The number of fused-ring (bicyclic) bond motifs is 1. The molecule has 0 fully saturated rings. The number of carbonyl (C=O) groups excluding carboxylic acids is 1. The van der Waals surface area contributed by atoms with Crippen molar-refractivity contribution in [3.8, 4) is 0 Å². The number of hydrogen-bond acceptors (Lipinski definition) is 3. The highest BCUT2D eigenvalue weighted by atomic mass is 35.5. The lowest BCUT2D eigenvalue weighted by molar-refractivity contribution is -0.134. The van der Waals surface area contributed by atoms with Crippen molar-refractivity contribution in [2.75, 3.05) is 18.6 Å². The molecule has 0 aromatic heterocycles. The molecule has 0 aliphatic carbocycles. The molecule has 0 bridgehead atoms. The minimum absolute atomic E-state index is 0.361. The number of esters is 1. The molecular weight excluding hydrogens is 365 g/mol. The fourth-order valence-electron chi connectivity index (χ4n) is 3.21. The number of ether oxygens (including phenoxy) is 1. The van der Waals surface area contributed by atoms with Gasteiger partial charge in [0.15, 0.2) is 0 Å². The monoisotopic (exact) mass is 391 g/mol. The highest BCUT2D eigenvalue weighted by Crippen LogP contribution is 2.38. The molecule has 1 aliphatic rings. The summed E-state index contributed by atoms with van der Waals surface area (Å²) in [6.45, 7) is 8.74. The molecule has 2 rings (SSSR count). The Morgan fingerprint density at radius 3 is 2.63 bits per heavy atom. The number of halogens is 2. The summed E-state index contributed by atoms with van der Waals surface area (Å²) in [7, 11) is 1.31. The molecule has 0 saturated heterocycles. The quantitative estimate of drug-likeness (QED) is 0.356.